The molecule has 0 aliphatic carbocycles. The van der Waals surface area contributed by atoms with Crippen LogP contribution in [0.2, 0.25) is 0 Å². The molecule has 0 atom stereocenters. The average molecular weight is 462 g/mol. The molecule has 170 valence electrons. The van der Waals surface area contributed by atoms with E-state index in [9.17, 15) is 23.3 Å². The van der Waals surface area contributed by atoms with E-state index < -0.39 is 31.8 Å². The fourth-order valence-corrected chi connectivity index (χ4v) is 4.62. The van der Waals surface area contributed by atoms with Gasteiger partial charge in [-0.3, -0.25) is 14.9 Å². The first-order chi connectivity index (χ1) is 15.2. The lowest BCUT2D eigenvalue weighted by molar-refractivity contribution is -0.385. The van der Waals surface area contributed by atoms with Gasteiger partial charge in [-0.2, -0.15) is 0 Å². The summed E-state index contributed by atoms with van der Waals surface area (Å²) in [6.07, 6.45) is 2.23. The molecule has 0 unspecified atom stereocenters. The van der Waals surface area contributed by atoms with E-state index in [-0.39, 0.29) is 23.8 Å². The first-order valence-electron chi connectivity index (χ1n) is 9.94. The van der Waals surface area contributed by atoms with Crippen molar-refractivity contribution in [3.05, 3.63) is 57.6 Å². The van der Waals surface area contributed by atoms with Crippen molar-refractivity contribution in [1.29, 1.82) is 0 Å². The van der Waals surface area contributed by atoms with Gasteiger partial charge in [0.05, 0.1) is 9.82 Å². The maximum atomic E-state index is 12.9. The van der Waals surface area contributed by atoms with Crippen molar-refractivity contribution in [2.45, 2.75) is 23.2 Å². The summed E-state index contributed by atoms with van der Waals surface area (Å²) in [5.41, 5.74) is -0.0294. The summed E-state index contributed by atoms with van der Waals surface area (Å²) in [7, 11) is -3.74. The molecule has 1 N–H and O–H groups in total. The van der Waals surface area contributed by atoms with Gasteiger partial charge in [-0.1, -0.05) is 6.07 Å². The predicted molar refractivity (Wildman–Crippen MR) is 113 cm³/mol. The first kappa shape index (κ1) is 22.0. The molecule has 0 saturated carbocycles. The van der Waals surface area contributed by atoms with Gasteiger partial charge in [-0.15, -0.1) is 0 Å². The normalized spacial score (nSPS) is 17.0. The largest absolute Gasteiger partial charge is 0.454 e. The number of amides is 1. The number of nitro groups is 1. The minimum Gasteiger partial charge on any atom is -0.454 e. The molecule has 0 spiro atoms. The summed E-state index contributed by atoms with van der Waals surface area (Å²) in [6.45, 7) is 1.42. The second-order valence-corrected chi connectivity index (χ2v) is 9.90. The van der Waals surface area contributed by atoms with Crippen LogP contribution < -0.4 is 14.8 Å². The van der Waals surface area contributed by atoms with E-state index >= 15 is 0 Å². The van der Waals surface area contributed by atoms with Crippen LogP contribution in [0.4, 0.5) is 5.69 Å². The van der Waals surface area contributed by atoms with Crippen molar-refractivity contribution >= 4 is 21.4 Å². The maximum absolute atomic E-state index is 12.9. The van der Waals surface area contributed by atoms with Gasteiger partial charge in [0.2, 0.25) is 6.79 Å². The van der Waals surface area contributed by atoms with Crippen molar-refractivity contribution in [1.82, 2.24) is 5.32 Å². The summed E-state index contributed by atoms with van der Waals surface area (Å²) >= 11 is 0. The Balaban J connectivity index is 1.61. The van der Waals surface area contributed by atoms with E-state index in [1.165, 1.54) is 0 Å². The summed E-state index contributed by atoms with van der Waals surface area (Å²) in [5.74, 6) is 0.700. The Kier molecular flexibility index (Phi) is 5.78. The van der Waals surface area contributed by atoms with Crippen LogP contribution in [0.15, 0.2) is 41.3 Å². The van der Waals surface area contributed by atoms with Crippen LogP contribution in [0, 0.1) is 10.1 Å². The fraction of sp³-hybridized carbons (Fsp3) is 0.381. The molecule has 2 aliphatic heterocycles. The molecule has 32 heavy (non-hydrogen) atoms. The molecule has 1 saturated heterocycles. The van der Waals surface area contributed by atoms with E-state index in [1.807, 2.05) is 18.2 Å². The molecule has 1 fully saturated rings. The number of fused-ring (bicyclic) bond motifs is 1. The van der Waals surface area contributed by atoms with Gasteiger partial charge >= 0.3 is 0 Å². The van der Waals surface area contributed by atoms with E-state index in [0.717, 1.165) is 30.0 Å². The van der Waals surface area contributed by atoms with Crippen molar-refractivity contribution in [2.75, 3.05) is 32.8 Å². The van der Waals surface area contributed by atoms with Crippen LogP contribution in [-0.4, -0.2) is 52.1 Å². The van der Waals surface area contributed by atoms with Gasteiger partial charge < -0.3 is 19.5 Å². The zero-order valence-corrected chi connectivity index (χ0v) is 18.1. The van der Waals surface area contributed by atoms with Crippen LogP contribution in [0.25, 0.3) is 0 Å². The summed E-state index contributed by atoms with van der Waals surface area (Å²) in [4.78, 5) is 23.1. The van der Waals surface area contributed by atoms with Crippen LogP contribution in [0.5, 0.6) is 11.5 Å². The highest BCUT2D eigenvalue weighted by molar-refractivity contribution is 7.90. The number of nitrogens with one attached hydrogen (secondary N) is 1. The fourth-order valence-electron chi connectivity index (χ4n) is 3.94. The monoisotopic (exact) mass is 462 g/mol. The number of sulfone groups is 1. The van der Waals surface area contributed by atoms with Crippen LogP contribution in [0.3, 0.4) is 0 Å². The zero-order chi connectivity index (χ0) is 22.9. The van der Waals surface area contributed by atoms with Crippen LogP contribution >= 0.6 is 0 Å². The lowest BCUT2D eigenvalue weighted by Gasteiger charge is -2.38. The number of nitrogens with zero attached hydrogens (tertiary/aromatic N) is 1. The smallest absolute Gasteiger partial charge is 0.271 e. The number of nitro benzene ring substituents is 1. The number of hydrogen-bond acceptors (Lipinski definition) is 8. The van der Waals surface area contributed by atoms with E-state index in [4.69, 9.17) is 14.2 Å². The standard InChI is InChI=1S/C21H22N2O8S/c1-32(27,28)17-9-14(8-16(11-17)23(25)26)20(24)22-12-21(4-6-29-7-5-21)15-2-3-18-19(10-15)31-13-30-18/h2-3,8-11H,4-7,12-13H2,1H3,(H,22,24). The molecule has 2 heterocycles. The topological polar surface area (TPSA) is 134 Å². The van der Waals surface area contributed by atoms with Gasteiger partial charge in [-0.25, -0.2) is 8.42 Å². The zero-order valence-electron chi connectivity index (χ0n) is 17.3. The molecule has 0 aromatic heterocycles. The molecule has 4 rings (SSSR count). The summed E-state index contributed by atoms with van der Waals surface area (Å²) in [6, 6.07) is 8.82. The molecule has 0 radical (unpaired) electrons. The third-order valence-electron chi connectivity index (χ3n) is 5.81. The van der Waals surface area contributed by atoms with Gasteiger partial charge in [-0.05, 0) is 36.6 Å². The molecule has 10 nitrogen and oxygen atoms in total. The Bertz CT molecular complexity index is 1170. The second-order valence-electron chi connectivity index (χ2n) is 7.89. The van der Waals surface area contributed by atoms with Gasteiger partial charge in [0.15, 0.2) is 21.3 Å². The molecule has 0 bridgehead atoms. The third-order valence-corrected chi connectivity index (χ3v) is 6.91. The molecule has 2 aromatic carbocycles. The van der Waals surface area contributed by atoms with Crippen LogP contribution in [-0.2, 0) is 20.0 Å². The minimum absolute atomic E-state index is 0.0903. The number of non-ortho nitro benzene ring substituents is 1. The Morgan fingerprint density at radius 2 is 1.84 bits per heavy atom. The van der Waals surface area contributed by atoms with Crippen LogP contribution in [0.1, 0.15) is 28.8 Å². The Morgan fingerprint density at radius 1 is 1.12 bits per heavy atom. The van der Waals surface area contributed by atoms with Crippen molar-refractivity contribution < 1.29 is 32.3 Å². The number of carbonyl (C=O) groups is 1. The summed E-state index contributed by atoms with van der Waals surface area (Å²) < 4.78 is 40.2. The van der Waals surface area contributed by atoms with E-state index in [0.29, 0.717) is 37.6 Å². The number of benzene rings is 2. The highest BCUT2D eigenvalue weighted by Gasteiger charge is 2.36. The molecular weight excluding hydrogens is 440 g/mol. The Labute approximate surface area is 184 Å². The number of hydrogen-bond donors (Lipinski definition) is 1. The third kappa shape index (κ3) is 4.39. The maximum Gasteiger partial charge on any atom is 0.271 e. The van der Waals surface area contributed by atoms with Gasteiger partial charge in [0.25, 0.3) is 11.6 Å². The molecule has 1 amide bonds. The molecule has 2 aliphatic rings. The molecule has 11 heteroatoms. The van der Waals surface area contributed by atoms with Gasteiger partial charge in [0, 0.05) is 49.1 Å². The lowest BCUT2D eigenvalue weighted by atomic mass is 9.74. The highest BCUT2D eigenvalue weighted by Crippen LogP contribution is 2.40. The van der Waals surface area contributed by atoms with E-state index in [2.05, 4.69) is 5.32 Å². The molecular formula is C21H22N2O8S. The minimum atomic E-state index is -3.74. The number of ether oxygens (including phenoxy) is 3. The lowest BCUT2D eigenvalue weighted by Crippen LogP contribution is -2.44. The number of carbonyl (C=O) groups excluding carboxylic acids is 1. The SMILES string of the molecule is CS(=O)(=O)c1cc(C(=O)NCC2(c3ccc4c(c3)OCO4)CCOCC2)cc([N+](=O)[O-])c1. The first-order valence-corrected chi connectivity index (χ1v) is 11.8. The average Bonchev–Trinajstić information content (AvgIpc) is 3.25. The molecule has 2 aromatic rings. The predicted octanol–water partition coefficient (Wildman–Crippen LogP) is 2.21. The van der Waals surface area contributed by atoms with Crippen molar-refractivity contribution in [2.24, 2.45) is 0 Å². The number of rotatable bonds is 6. The van der Waals surface area contributed by atoms with Crippen molar-refractivity contribution in [3.8, 4) is 11.5 Å². The van der Waals surface area contributed by atoms with Crippen molar-refractivity contribution in [3.63, 3.8) is 0 Å². The van der Waals surface area contributed by atoms with E-state index in [1.54, 1.807) is 0 Å². The second kappa shape index (κ2) is 8.40. The summed E-state index contributed by atoms with van der Waals surface area (Å²) in [5, 5.41) is 14.1. The van der Waals surface area contributed by atoms with Gasteiger partial charge in [0.1, 0.15) is 0 Å². The Morgan fingerprint density at radius 3 is 2.53 bits per heavy atom. The Hall–Kier alpha value is -3.18. The quantitative estimate of drug-likeness (QED) is 0.510. The highest BCUT2D eigenvalue weighted by atomic mass is 32.2.